The number of hydrogen-bond acceptors (Lipinski definition) is 1. The van der Waals surface area contributed by atoms with Gasteiger partial charge in [0.25, 0.3) is 0 Å². The Labute approximate surface area is 145 Å². The second kappa shape index (κ2) is 8.54. The zero-order valence-corrected chi connectivity index (χ0v) is 14.6. The number of rotatable bonds is 8. The number of para-hydroxylation sites is 1. The van der Waals surface area contributed by atoms with Crippen molar-refractivity contribution in [3.63, 3.8) is 0 Å². The third-order valence-corrected chi connectivity index (χ3v) is 4.61. The van der Waals surface area contributed by atoms with E-state index in [1.54, 1.807) is 0 Å². The molecule has 124 valence electrons. The molecule has 0 aliphatic rings. The molecule has 0 N–H and O–H groups in total. The van der Waals surface area contributed by atoms with Gasteiger partial charge >= 0.3 is 0 Å². The van der Waals surface area contributed by atoms with Gasteiger partial charge in [-0.3, -0.25) is 0 Å². The van der Waals surface area contributed by atoms with Crippen LogP contribution in [0.25, 0.3) is 10.8 Å². The highest BCUT2D eigenvalue weighted by molar-refractivity contribution is 5.96. The van der Waals surface area contributed by atoms with Crippen molar-refractivity contribution in [3.8, 4) is 0 Å². The average molecular weight is 317 g/mol. The van der Waals surface area contributed by atoms with E-state index in [9.17, 15) is 0 Å². The van der Waals surface area contributed by atoms with Gasteiger partial charge in [0.2, 0.25) is 0 Å². The second-order valence-electron chi connectivity index (χ2n) is 6.40. The van der Waals surface area contributed by atoms with E-state index in [4.69, 9.17) is 0 Å². The topological polar surface area (TPSA) is 3.24 Å². The molecule has 3 aromatic rings. The van der Waals surface area contributed by atoms with E-state index in [1.807, 2.05) is 0 Å². The van der Waals surface area contributed by atoms with Gasteiger partial charge in [-0.1, -0.05) is 87.2 Å². The van der Waals surface area contributed by atoms with Gasteiger partial charge in [0.1, 0.15) is 0 Å². The fraction of sp³-hybridized carbons (Fsp3) is 0.304. The average Bonchev–Trinajstić information content (AvgIpc) is 2.65. The Morgan fingerprint density at radius 3 is 2.21 bits per heavy atom. The van der Waals surface area contributed by atoms with Gasteiger partial charge in [-0.2, -0.15) is 0 Å². The van der Waals surface area contributed by atoms with Crippen LogP contribution in [0.1, 0.15) is 39.0 Å². The summed E-state index contributed by atoms with van der Waals surface area (Å²) in [5.74, 6) is 0. The zero-order chi connectivity index (χ0) is 16.6. The van der Waals surface area contributed by atoms with Crippen LogP contribution in [-0.2, 0) is 0 Å². The fourth-order valence-electron chi connectivity index (χ4n) is 3.31. The quantitative estimate of drug-likeness (QED) is 0.406. The largest absolute Gasteiger partial charge is 0.341 e. The number of unbranched alkanes of at least 4 members (excludes halogenated alkanes) is 4. The van der Waals surface area contributed by atoms with Crippen molar-refractivity contribution in [2.45, 2.75) is 39.0 Å². The maximum Gasteiger partial charge on any atom is 0.0490 e. The molecule has 0 aliphatic carbocycles. The van der Waals surface area contributed by atoms with Gasteiger partial charge in [0.15, 0.2) is 0 Å². The summed E-state index contributed by atoms with van der Waals surface area (Å²) in [6, 6.07) is 26.1. The van der Waals surface area contributed by atoms with Crippen molar-refractivity contribution < 1.29 is 0 Å². The van der Waals surface area contributed by atoms with Crippen molar-refractivity contribution in [1.29, 1.82) is 0 Å². The predicted molar refractivity (Wildman–Crippen MR) is 106 cm³/mol. The summed E-state index contributed by atoms with van der Waals surface area (Å²) < 4.78 is 0. The first kappa shape index (κ1) is 16.6. The molecule has 1 heteroatoms. The molecule has 0 amide bonds. The number of anilines is 2. The summed E-state index contributed by atoms with van der Waals surface area (Å²) in [4.78, 5) is 2.48. The molecule has 0 radical (unpaired) electrons. The van der Waals surface area contributed by atoms with Crippen molar-refractivity contribution in [2.75, 3.05) is 11.4 Å². The predicted octanol–water partition coefficient (Wildman–Crippen LogP) is 6.95. The van der Waals surface area contributed by atoms with E-state index in [-0.39, 0.29) is 0 Å². The molecule has 0 spiro atoms. The molecule has 0 fully saturated rings. The molecule has 0 aromatic heterocycles. The van der Waals surface area contributed by atoms with E-state index in [1.165, 1.54) is 54.3 Å². The Balaban J connectivity index is 1.89. The maximum absolute atomic E-state index is 2.48. The highest BCUT2D eigenvalue weighted by Crippen LogP contribution is 2.32. The van der Waals surface area contributed by atoms with Crippen LogP contribution in [0.15, 0.2) is 72.8 Å². The Hall–Kier alpha value is -2.28. The van der Waals surface area contributed by atoms with Gasteiger partial charge in [-0.15, -0.1) is 0 Å². The molecule has 0 atom stereocenters. The van der Waals surface area contributed by atoms with Crippen LogP contribution in [0.5, 0.6) is 0 Å². The molecule has 3 aromatic carbocycles. The summed E-state index contributed by atoms with van der Waals surface area (Å²) in [7, 11) is 0. The lowest BCUT2D eigenvalue weighted by Crippen LogP contribution is -2.18. The summed E-state index contributed by atoms with van der Waals surface area (Å²) >= 11 is 0. The van der Waals surface area contributed by atoms with Crippen LogP contribution in [0, 0.1) is 0 Å². The zero-order valence-electron chi connectivity index (χ0n) is 14.6. The minimum Gasteiger partial charge on any atom is -0.341 e. The molecular formula is C23H27N. The van der Waals surface area contributed by atoms with Gasteiger partial charge in [-0.25, -0.2) is 0 Å². The molecule has 0 aliphatic heterocycles. The molecule has 0 saturated carbocycles. The van der Waals surface area contributed by atoms with Gasteiger partial charge in [0, 0.05) is 23.3 Å². The lowest BCUT2D eigenvalue weighted by molar-refractivity contribution is 0.634. The molecule has 1 nitrogen and oxygen atoms in total. The lowest BCUT2D eigenvalue weighted by atomic mass is 10.1. The molecule has 0 heterocycles. The first-order valence-corrected chi connectivity index (χ1v) is 9.20. The van der Waals surface area contributed by atoms with Gasteiger partial charge in [-0.05, 0) is 30.0 Å². The van der Waals surface area contributed by atoms with E-state index in [0.717, 1.165) is 6.54 Å². The fourth-order valence-corrected chi connectivity index (χ4v) is 3.31. The van der Waals surface area contributed by atoms with E-state index in [0.29, 0.717) is 0 Å². The van der Waals surface area contributed by atoms with E-state index < -0.39 is 0 Å². The second-order valence-corrected chi connectivity index (χ2v) is 6.40. The lowest BCUT2D eigenvalue weighted by Gasteiger charge is -2.26. The monoisotopic (exact) mass is 317 g/mol. The maximum atomic E-state index is 2.48. The molecule has 3 rings (SSSR count). The third-order valence-electron chi connectivity index (χ3n) is 4.61. The van der Waals surface area contributed by atoms with Crippen LogP contribution in [0.3, 0.4) is 0 Å². The van der Waals surface area contributed by atoms with Crippen molar-refractivity contribution in [2.24, 2.45) is 0 Å². The Kier molecular flexibility index (Phi) is 5.90. The first-order chi connectivity index (χ1) is 11.9. The smallest absolute Gasteiger partial charge is 0.0490 e. The van der Waals surface area contributed by atoms with Crippen molar-refractivity contribution in [3.05, 3.63) is 72.8 Å². The van der Waals surface area contributed by atoms with Crippen molar-refractivity contribution >= 4 is 22.1 Å². The molecule has 0 bridgehead atoms. The van der Waals surface area contributed by atoms with Crippen LogP contribution < -0.4 is 4.90 Å². The number of benzene rings is 3. The first-order valence-electron chi connectivity index (χ1n) is 9.20. The summed E-state index contributed by atoms with van der Waals surface area (Å²) in [5.41, 5.74) is 2.60. The minimum atomic E-state index is 1.07. The molecule has 24 heavy (non-hydrogen) atoms. The summed E-state index contributed by atoms with van der Waals surface area (Å²) in [6.07, 6.45) is 6.53. The van der Waals surface area contributed by atoms with Crippen LogP contribution in [0.4, 0.5) is 11.4 Å². The minimum absolute atomic E-state index is 1.07. The molecule has 0 saturated heterocycles. The summed E-state index contributed by atoms with van der Waals surface area (Å²) in [6.45, 7) is 3.34. The normalized spacial score (nSPS) is 10.9. The standard InChI is InChI=1S/C23H27N/c1-2-3-4-5-11-19-24(21-15-7-6-8-16-21)23-18-12-14-20-13-9-10-17-22(20)23/h6-10,12-18H,2-5,11,19H2,1H3. The van der Waals surface area contributed by atoms with Gasteiger partial charge < -0.3 is 4.90 Å². The van der Waals surface area contributed by atoms with E-state index >= 15 is 0 Å². The Bertz CT molecular complexity index is 743. The highest BCUT2D eigenvalue weighted by atomic mass is 15.1. The third kappa shape index (κ3) is 3.97. The van der Waals surface area contributed by atoms with Gasteiger partial charge in [0.05, 0.1) is 0 Å². The number of fused-ring (bicyclic) bond motifs is 1. The molecule has 0 unspecified atom stereocenters. The van der Waals surface area contributed by atoms with Crippen molar-refractivity contribution in [1.82, 2.24) is 0 Å². The van der Waals surface area contributed by atoms with E-state index in [2.05, 4.69) is 84.6 Å². The number of nitrogens with zero attached hydrogens (tertiary/aromatic N) is 1. The van der Waals surface area contributed by atoms with Crippen LogP contribution in [0.2, 0.25) is 0 Å². The SMILES string of the molecule is CCCCCCCN(c1ccccc1)c1cccc2ccccc12. The van der Waals surface area contributed by atoms with Crippen LogP contribution in [-0.4, -0.2) is 6.54 Å². The van der Waals surface area contributed by atoms with Crippen LogP contribution >= 0.6 is 0 Å². The molecular weight excluding hydrogens is 290 g/mol. The summed E-state index contributed by atoms with van der Waals surface area (Å²) in [5, 5.41) is 2.64. The number of hydrogen-bond donors (Lipinski definition) is 0. The Morgan fingerprint density at radius 1 is 0.667 bits per heavy atom. The highest BCUT2D eigenvalue weighted by Gasteiger charge is 2.11. The Morgan fingerprint density at radius 2 is 1.38 bits per heavy atom.